The van der Waals surface area contributed by atoms with Gasteiger partial charge in [0.2, 0.25) is 0 Å². The highest BCUT2D eigenvalue weighted by molar-refractivity contribution is 5.91. The van der Waals surface area contributed by atoms with E-state index in [0.29, 0.717) is 12.3 Å². The number of aryl methyl sites for hydroxylation is 2. The number of carbonyl (C=O) groups is 1. The van der Waals surface area contributed by atoms with Crippen molar-refractivity contribution in [1.82, 2.24) is 20.3 Å². The molecule has 22 heavy (non-hydrogen) atoms. The minimum absolute atomic E-state index is 0.0934. The number of carbonyl (C=O) groups excluding carboxylic acids is 1. The zero-order valence-electron chi connectivity index (χ0n) is 12.8. The molecule has 0 saturated heterocycles. The van der Waals surface area contributed by atoms with Crippen LogP contribution in [0.15, 0.2) is 34.9 Å². The summed E-state index contributed by atoms with van der Waals surface area (Å²) in [5.41, 5.74) is 4.23. The Bertz CT molecular complexity index is 805. The molecule has 0 fully saturated rings. The Morgan fingerprint density at radius 1 is 1.36 bits per heavy atom. The molecule has 6 nitrogen and oxygen atoms in total. The number of aromatic nitrogens is 3. The number of hydrogen-bond donors (Lipinski definition) is 1. The van der Waals surface area contributed by atoms with Gasteiger partial charge in [-0.3, -0.25) is 4.79 Å². The second kappa shape index (κ2) is 5.63. The van der Waals surface area contributed by atoms with E-state index < -0.39 is 0 Å². The van der Waals surface area contributed by atoms with Gasteiger partial charge in [-0.15, -0.1) is 5.10 Å². The van der Waals surface area contributed by atoms with Crippen molar-refractivity contribution in [2.24, 2.45) is 0 Å². The van der Waals surface area contributed by atoms with E-state index in [1.165, 1.54) is 17.4 Å². The first-order chi connectivity index (χ1) is 10.5. The van der Waals surface area contributed by atoms with Crippen molar-refractivity contribution in [2.45, 2.75) is 33.4 Å². The lowest BCUT2D eigenvalue weighted by Crippen LogP contribution is -2.35. The van der Waals surface area contributed by atoms with Gasteiger partial charge in [0.05, 0.1) is 18.3 Å². The molecule has 0 aliphatic heterocycles. The van der Waals surface area contributed by atoms with Crippen LogP contribution in [0.5, 0.6) is 0 Å². The fourth-order valence-corrected chi connectivity index (χ4v) is 2.37. The maximum atomic E-state index is 12.0. The average Bonchev–Trinajstić information content (AvgIpc) is 3.11. The van der Waals surface area contributed by atoms with E-state index in [1.54, 1.807) is 12.1 Å². The van der Waals surface area contributed by atoms with Crippen LogP contribution >= 0.6 is 0 Å². The van der Waals surface area contributed by atoms with Crippen LogP contribution in [-0.2, 0) is 6.54 Å². The smallest absolute Gasteiger partial charge is 0.287 e. The number of hydrogen-bond acceptors (Lipinski definition) is 4. The molecule has 0 bridgehead atoms. The van der Waals surface area contributed by atoms with Gasteiger partial charge in [0.25, 0.3) is 5.91 Å². The highest BCUT2D eigenvalue weighted by Gasteiger charge is 2.14. The molecule has 0 aliphatic carbocycles. The number of rotatable bonds is 4. The highest BCUT2D eigenvalue weighted by Crippen LogP contribution is 2.17. The molecule has 0 unspecified atom stereocenters. The van der Waals surface area contributed by atoms with Crippen LogP contribution in [0.25, 0.3) is 11.0 Å². The number of nitrogens with zero attached hydrogens (tertiary/aromatic N) is 3. The van der Waals surface area contributed by atoms with E-state index in [2.05, 4.69) is 35.5 Å². The summed E-state index contributed by atoms with van der Waals surface area (Å²) in [5.74, 6) is 0.0794. The molecule has 1 atom stereocenters. The van der Waals surface area contributed by atoms with Gasteiger partial charge < -0.3 is 9.73 Å². The SMILES string of the molecule is Cc1cc2nnn(C[C@@H](C)NC(=O)c3ccco3)c2cc1C. The minimum Gasteiger partial charge on any atom is -0.459 e. The van der Waals surface area contributed by atoms with E-state index in [4.69, 9.17) is 4.42 Å². The van der Waals surface area contributed by atoms with Crippen molar-refractivity contribution in [3.63, 3.8) is 0 Å². The number of furan rings is 1. The van der Waals surface area contributed by atoms with Crippen LogP contribution in [-0.4, -0.2) is 26.9 Å². The molecule has 1 N–H and O–H groups in total. The van der Waals surface area contributed by atoms with Gasteiger partial charge in [0.15, 0.2) is 5.76 Å². The van der Waals surface area contributed by atoms with Crippen LogP contribution in [0.4, 0.5) is 0 Å². The summed E-state index contributed by atoms with van der Waals surface area (Å²) < 4.78 is 6.90. The topological polar surface area (TPSA) is 73.0 Å². The maximum absolute atomic E-state index is 12.0. The Balaban J connectivity index is 1.75. The lowest BCUT2D eigenvalue weighted by atomic mass is 10.1. The fourth-order valence-electron chi connectivity index (χ4n) is 2.37. The Labute approximate surface area is 128 Å². The highest BCUT2D eigenvalue weighted by atomic mass is 16.3. The van der Waals surface area contributed by atoms with Gasteiger partial charge in [0, 0.05) is 6.04 Å². The van der Waals surface area contributed by atoms with E-state index in [1.807, 2.05) is 17.7 Å². The normalized spacial score (nSPS) is 12.5. The quantitative estimate of drug-likeness (QED) is 0.803. The molecule has 1 amide bonds. The van der Waals surface area contributed by atoms with Gasteiger partial charge in [-0.2, -0.15) is 0 Å². The van der Waals surface area contributed by atoms with E-state index in [-0.39, 0.29) is 11.9 Å². The molecule has 3 aromatic rings. The first-order valence-corrected chi connectivity index (χ1v) is 7.19. The molecule has 6 heteroatoms. The zero-order chi connectivity index (χ0) is 15.7. The first kappa shape index (κ1) is 14.3. The number of fused-ring (bicyclic) bond motifs is 1. The molecule has 114 valence electrons. The predicted molar refractivity (Wildman–Crippen MR) is 82.6 cm³/mol. The van der Waals surface area contributed by atoms with Gasteiger partial charge in [-0.05, 0) is 56.2 Å². The molecule has 0 saturated carbocycles. The van der Waals surface area contributed by atoms with E-state index in [9.17, 15) is 4.79 Å². The monoisotopic (exact) mass is 298 g/mol. The summed E-state index contributed by atoms with van der Waals surface area (Å²) in [6.07, 6.45) is 1.48. The molecular formula is C16H18N4O2. The van der Waals surface area contributed by atoms with Gasteiger partial charge >= 0.3 is 0 Å². The Hall–Kier alpha value is -2.63. The summed E-state index contributed by atoms with van der Waals surface area (Å²) in [5, 5.41) is 11.3. The molecule has 0 aliphatic rings. The van der Waals surface area contributed by atoms with Crippen molar-refractivity contribution >= 4 is 16.9 Å². The van der Waals surface area contributed by atoms with Crippen LogP contribution in [0, 0.1) is 13.8 Å². The standard InChI is InChI=1S/C16H18N4O2/c1-10-7-13-14(8-11(10)2)20(19-18-13)9-12(3)17-16(21)15-5-4-6-22-15/h4-8,12H,9H2,1-3H3,(H,17,21)/t12-/m1/s1. The maximum Gasteiger partial charge on any atom is 0.287 e. The zero-order valence-corrected chi connectivity index (χ0v) is 12.8. The van der Waals surface area contributed by atoms with Crippen LogP contribution in [0.3, 0.4) is 0 Å². The summed E-state index contributed by atoms with van der Waals surface area (Å²) in [4.78, 5) is 12.0. The van der Waals surface area contributed by atoms with Crippen molar-refractivity contribution in [3.05, 3.63) is 47.4 Å². The minimum atomic E-state index is -0.228. The lowest BCUT2D eigenvalue weighted by molar-refractivity contribution is 0.0908. The number of nitrogens with one attached hydrogen (secondary N) is 1. The Kier molecular flexibility index (Phi) is 3.66. The number of benzene rings is 1. The summed E-state index contributed by atoms with van der Waals surface area (Å²) in [6.45, 7) is 6.59. The Morgan fingerprint density at radius 3 is 2.86 bits per heavy atom. The molecule has 1 aromatic carbocycles. The fraction of sp³-hybridized carbons (Fsp3) is 0.312. The molecule has 0 radical (unpaired) electrons. The second-order valence-electron chi connectivity index (χ2n) is 5.55. The third-order valence-electron chi connectivity index (χ3n) is 3.70. The third kappa shape index (κ3) is 2.72. The van der Waals surface area contributed by atoms with Crippen molar-refractivity contribution in [1.29, 1.82) is 0 Å². The molecule has 3 rings (SSSR count). The van der Waals surface area contributed by atoms with E-state index >= 15 is 0 Å². The van der Waals surface area contributed by atoms with Gasteiger partial charge in [-0.1, -0.05) is 5.21 Å². The largest absolute Gasteiger partial charge is 0.459 e. The molecule has 2 heterocycles. The van der Waals surface area contributed by atoms with Crippen LogP contribution < -0.4 is 5.32 Å². The second-order valence-corrected chi connectivity index (χ2v) is 5.55. The Morgan fingerprint density at radius 2 is 2.14 bits per heavy atom. The first-order valence-electron chi connectivity index (χ1n) is 7.19. The van der Waals surface area contributed by atoms with Crippen molar-refractivity contribution < 1.29 is 9.21 Å². The van der Waals surface area contributed by atoms with Gasteiger partial charge in [-0.25, -0.2) is 4.68 Å². The molecule has 0 spiro atoms. The summed E-state index contributed by atoms with van der Waals surface area (Å²) in [7, 11) is 0. The average molecular weight is 298 g/mol. The number of amides is 1. The van der Waals surface area contributed by atoms with Gasteiger partial charge in [0.1, 0.15) is 5.52 Å². The lowest BCUT2D eigenvalue weighted by Gasteiger charge is -2.13. The summed E-state index contributed by atoms with van der Waals surface area (Å²) in [6, 6.07) is 7.34. The van der Waals surface area contributed by atoms with Crippen molar-refractivity contribution in [3.8, 4) is 0 Å². The molecular weight excluding hydrogens is 280 g/mol. The summed E-state index contributed by atoms with van der Waals surface area (Å²) >= 11 is 0. The van der Waals surface area contributed by atoms with Crippen molar-refractivity contribution in [2.75, 3.05) is 0 Å². The predicted octanol–water partition coefficient (Wildman–Crippen LogP) is 2.46. The van der Waals surface area contributed by atoms with E-state index in [0.717, 1.165) is 11.0 Å². The van der Waals surface area contributed by atoms with Crippen LogP contribution in [0.1, 0.15) is 28.6 Å². The third-order valence-corrected chi connectivity index (χ3v) is 3.70. The van der Waals surface area contributed by atoms with Crippen LogP contribution in [0.2, 0.25) is 0 Å². The molecule has 2 aromatic heterocycles.